The van der Waals surface area contributed by atoms with E-state index in [4.69, 9.17) is 16.3 Å². The molecule has 1 heterocycles. The summed E-state index contributed by atoms with van der Waals surface area (Å²) in [7, 11) is 1.40. The van der Waals surface area contributed by atoms with E-state index in [0.29, 0.717) is 10.6 Å². The van der Waals surface area contributed by atoms with E-state index in [1.807, 2.05) is 0 Å². The van der Waals surface area contributed by atoms with Crippen LogP contribution in [-0.4, -0.2) is 23.9 Å². The number of ether oxygens (including phenoxy) is 1. The maximum Gasteiger partial charge on any atom is 0.300 e. The zero-order valence-corrected chi connectivity index (χ0v) is 17.4. The maximum absolute atomic E-state index is 13.9. The van der Waals surface area contributed by atoms with Gasteiger partial charge in [0.25, 0.3) is 11.7 Å². The molecule has 0 bridgehead atoms. The first kappa shape index (κ1) is 21.5. The van der Waals surface area contributed by atoms with Gasteiger partial charge >= 0.3 is 0 Å². The first-order valence-corrected chi connectivity index (χ1v) is 9.86. The zero-order valence-electron chi connectivity index (χ0n) is 16.7. The monoisotopic (exact) mass is 455 g/mol. The van der Waals surface area contributed by atoms with Crippen LogP contribution in [0.15, 0.2) is 72.3 Å². The van der Waals surface area contributed by atoms with Gasteiger partial charge in [-0.3, -0.25) is 14.5 Å². The van der Waals surface area contributed by atoms with E-state index in [-0.39, 0.29) is 22.6 Å². The summed E-state index contributed by atoms with van der Waals surface area (Å²) in [5.74, 6) is -4.38. The third kappa shape index (κ3) is 3.61. The van der Waals surface area contributed by atoms with E-state index in [9.17, 15) is 23.5 Å². The highest BCUT2D eigenvalue weighted by molar-refractivity contribution is 6.51. The Morgan fingerprint density at radius 3 is 2.38 bits per heavy atom. The van der Waals surface area contributed by atoms with Crippen LogP contribution < -0.4 is 9.64 Å². The number of carbonyl (C=O) groups is 2. The number of amides is 1. The summed E-state index contributed by atoms with van der Waals surface area (Å²) >= 11 is 6.05. The van der Waals surface area contributed by atoms with Gasteiger partial charge in [-0.05, 0) is 35.9 Å². The van der Waals surface area contributed by atoms with E-state index < -0.39 is 35.1 Å². The van der Waals surface area contributed by atoms with Crippen LogP contribution in [0.4, 0.5) is 14.5 Å². The number of aliphatic hydroxyl groups is 1. The highest BCUT2D eigenvalue weighted by Gasteiger charge is 2.47. The highest BCUT2D eigenvalue weighted by Crippen LogP contribution is 2.42. The lowest BCUT2D eigenvalue weighted by Crippen LogP contribution is -2.29. The normalized spacial score (nSPS) is 17.6. The number of nitrogens with zero attached hydrogens (tertiary/aromatic N) is 1. The topological polar surface area (TPSA) is 66.8 Å². The number of hydrogen-bond donors (Lipinski definition) is 1. The quantitative estimate of drug-likeness (QED) is 0.331. The van der Waals surface area contributed by atoms with Crippen molar-refractivity contribution in [3.8, 4) is 5.75 Å². The third-order valence-electron chi connectivity index (χ3n) is 5.17. The molecular weight excluding hydrogens is 440 g/mol. The standard InChI is InChI=1S/C24H16ClF2NO4/c1-32-19-11-14(7-9-16(19)25)22(29)20-21(13-5-3-2-4-6-13)28(24(31)23(20)30)15-8-10-17(26)18(27)12-15/h2-12,21,29H,1H3/b22-20+. The van der Waals surface area contributed by atoms with Gasteiger partial charge in [0.1, 0.15) is 11.5 Å². The summed E-state index contributed by atoms with van der Waals surface area (Å²) in [5, 5.41) is 11.4. The largest absolute Gasteiger partial charge is 0.507 e. The van der Waals surface area contributed by atoms with Crippen LogP contribution in [0.25, 0.3) is 5.76 Å². The summed E-state index contributed by atoms with van der Waals surface area (Å²) in [6.07, 6.45) is 0. The van der Waals surface area contributed by atoms with Crippen LogP contribution in [0.3, 0.4) is 0 Å². The molecular formula is C24H16ClF2NO4. The Morgan fingerprint density at radius 2 is 1.72 bits per heavy atom. The van der Waals surface area contributed by atoms with Gasteiger partial charge in [0.2, 0.25) is 0 Å². The first-order valence-electron chi connectivity index (χ1n) is 9.48. The number of benzene rings is 3. The summed E-state index contributed by atoms with van der Waals surface area (Å²) in [6.45, 7) is 0. The Bertz CT molecular complexity index is 1260. The average Bonchev–Trinajstić information content (AvgIpc) is 3.06. The van der Waals surface area contributed by atoms with Crippen molar-refractivity contribution in [2.24, 2.45) is 0 Å². The fraction of sp³-hybridized carbons (Fsp3) is 0.0833. The van der Waals surface area contributed by atoms with Crippen LogP contribution in [0, 0.1) is 11.6 Å². The Kier molecular flexibility index (Phi) is 5.67. The minimum Gasteiger partial charge on any atom is -0.507 e. The lowest BCUT2D eigenvalue weighted by atomic mass is 9.95. The minimum absolute atomic E-state index is 0.0208. The number of carbonyl (C=O) groups excluding carboxylic acids is 2. The van der Waals surface area contributed by atoms with Crippen LogP contribution in [0.1, 0.15) is 17.2 Å². The number of rotatable bonds is 4. The molecule has 1 amide bonds. The molecule has 0 spiro atoms. The average molecular weight is 456 g/mol. The van der Waals surface area contributed by atoms with Crippen molar-refractivity contribution in [1.29, 1.82) is 0 Å². The molecule has 5 nitrogen and oxygen atoms in total. The predicted octanol–water partition coefficient (Wildman–Crippen LogP) is 5.25. The molecule has 0 saturated carbocycles. The molecule has 1 aliphatic rings. The van der Waals surface area contributed by atoms with Crippen LogP contribution >= 0.6 is 11.6 Å². The summed E-state index contributed by atoms with van der Waals surface area (Å²) in [5.41, 5.74) is 0.484. The minimum atomic E-state index is -1.17. The van der Waals surface area contributed by atoms with Crippen molar-refractivity contribution >= 4 is 34.7 Å². The van der Waals surface area contributed by atoms with E-state index in [1.54, 1.807) is 30.3 Å². The van der Waals surface area contributed by atoms with Crippen molar-refractivity contribution in [2.75, 3.05) is 12.0 Å². The fourth-order valence-electron chi connectivity index (χ4n) is 3.65. The molecule has 0 radical (unpaired) electrons. The highest BCUT2D eigenvalue weighted by atomic mass is 35.5. The number of halogens is 3. The summed E-state index contributed by atoms with van der Waals surface area (Å²) < 4.78 is 32.6. The molecule has 1 saturated heterocycles. The van der Waals surface area contributed by atoms with Gasteiger partial charge in [0, 0.05) is 17.3 Å². The lowest BCUT2D eigenvalue weighted by Gasteiger charge is -2.25. The molecule has 1 fully saturated rings. The van der Waals surface area contributed by atoms with Gasteiger partial charge < -0.3 is 9.84 Å². The van der Waals surface area contributed by atoms with E-state index in [0.717, 1.165) is 17.0 Å². The lowest BCUT2D eigenvalue weighted by molar-refractivity contribution is -0.132. The van der Waals surface area contributed by atoms with Crippen molar-refractivity contribution in [3.05, 3.63) is 100 Å². The molecule has 3 aromatic rings. The second-order valence-electron chi connectivity index (χ2n) is 7.03. The second-order valence-corrected chi connectivity index (χ2v) is 7.43. The zero-order chi connectivity index (χ0) is 23.0. The van der Waals surface area contributed by atoms with Gasteiger partial charge in [-0.2, -0.15) is 0 Å². The van der Waals surface area contributed by atoms with Crippen LogP contribution in [-0.2, 0) is 9.59 Å². The van der Waals surface area contributed by atoms with Gasteiger partial charge in [0.05, 0.1) is 23.7 Å². The molecule has 8 heteroatoms. The Hall–Kier alpha value is -3.71. The Balaban J connectivity index is 1.95. The molecule has 1 N–H and O–H groups in total. The molecule has 3 aromatic carbocycles. The number of aliphatic hydroxyl groups excluding tert-OH is 1. The van der Waals surface area contributed by atoms with Gasteiger partial charge in [0.15, 0.2) is 11.6 Å². The first-order chi connectivity index (χ1) is 15.3. The number of ketones is 1. The Labute approximate surface area is 187 Å². The molecule has 162 valence electrons. The maximum atomic E-state index is 13.9. The van der Waals surface area contributed by atoms with Gasteiger partial charge in [-0.15, -0.1) is 0 Å². The van der Waals surface area contributed by atoms with Crippen LogP contribution in [0.5, 0.6) is 5.75 Å². The molecule has 0 aromatic heterocycles. The molecule has 1 atom stereocenters. The van der Waals surface area contributed by atoms with Crippen molar-refractivity contribution in [3.63, 3.8) is 0 Å². The predicted molar refractivity (Wildman–Crippen MR) is 116 cm³/mol. The molecule has 4 rings (SSSR count). The fourth-order valence-corrected chi connectivity index (χ4v) is 3.84. The smallest absolute Gasteiger partial charge is 0.300 e. The van der Waals surface area contributed by atoms with Crippen LogP contribution in [0.2, 0.25) is 5.02 Å². The molecule has 1 unspecified atom stereocenters. The molecule has 0 aliphatic carbocycles. The van der Waals surface area contributed by atoms with E-state index in [1.165, 1.54) is 31.4 Å². The number of anilines is 1. The molecule has 1 aliphatic heterocycles. The van der Waals surface area contributed by atoms with E-state index in [2.05, 4.69) is 0 Å². The molecule has 32 heavy (non-hydrogen) atoms. The Morgan fingerprint density at radius 1 is 1.00 bits per heavy atom. The third-order valence-corrected chi connectivity index (χ3v) is 5.48. The number of hydrogen-bond acceptors (Lipinski definition) is 4. The second kappa shape index (κ2) is 8.43. The van der Waals surface area contributed by atoms with Gasteiger partial charge in [-0.1, -0.05) is 41.9 Å². The van der Waals surface area contributed by atoms with E-state index >= 15 is 0 Å². The summed E-state index contributed by atoms with van der Waals surface area (Å²) in [6, 6.07) is 14.7. The van der Waals surface area contributed by atoms with Gasteiger partial charge in [-0.25, -0.2) is 8.78 Å². The number of Topliss-reactive ketones (excluding diaryl/α,β-unsaturated/α-hetero) is 1. The van der Waals surface area contributed by atoms with Crippen molar-refractivity contribution in [1.82, 2.24) is 0 Å². The SMILES string of the molecule is COc1cc(/C(O)=C2\C(=O)C(=O)N(c3ccc(F)c(F)c3)C2c2ccccc2)ccc1Cl. The summed E-state index contributed by atoms with van der Waals surface area (Å²) in [4.78, 5) is 27.0. The van der Waals surface area contributed by atoms with Crippen molar-refractivity contribution < 1.29 is 28.2 Å². The van der Waals surface area contributed by atoms with Crippen molar-refractivity contribution in [2.45, 2.75) is 6.04 Å². The number of methoxy groups -OCH3 is 1.